The summed E-state index contributed by atoms with van der Waals surface area (Å²) in [6.45, 7) is 2.93. The average Bonchev–Trinajstić information content (AvgIpc) is 2.59. The third-order valence-corrected chi connectivity index (χ3v) is 4.88. The highest BCUT2D eigenvalue weighted by Gasteiger charge is 2.16. The van der Waals surface area contributed by atoms with Crippen molar-refractivity contribution < 1.29 is 9.53 Å². The minimum absolute atomic E-state index is 0. The van der Waals surface area contributed by atoms with Crippen LogP contribution in [0.4, 0.5) is 5.69 Å². The van der Waals surface area contributed by atoms with Crippen LogP contribution in [-0.2, 0) is 4.79 Å². The molecule has 1 saturated heterocycles. The maximum atomic E-state index is 12.2. The van der Waals surface area contributed by atoms with Crippen LogP contribution < -0.4 is 15.4 Å². The fourth-order valence-electron chi connectivity index (χ4n) is 2.56. The zero-order valence-electron chi connectivity index (χ0n) is 14.4. The summed E-state index contributed by atoms with van der Waals surface area (Å²) < 4.78 is 5.80. The number of rotatable bonds is 5. The summed E-state index contributed by atoms with van der Waals surface area (Å²) in [6, 6.07) is 9.60. The van der Waals surface area contributed by atoms with Crippen molar-refractivity contribution in [3.05, 3.63) is 48.3 Å². The SMILES string of the molecule is Cc1cc(NC(=O)CC2CSCCN2)ccc1Oc1cccnc1.Cl.Cl. The Morgan fingerprint density at radius 2 is 2.23 bits per heavy atom. The highest BCUT2D eigenvalue weighted by molar-refractivity contribution is 7.99. The van der Waals surface area contributed by atoms with Crippen LogP contribution >= 0.6 is 36.6 Å². The van der Waals surface area contributed by atoms with Gasteiger partial charge in [0.2, 0.25) is 5.91 Å². The van der Waals surface area contributed by atoms with Crippen LogP contribution in [0.25, 0.3) is 0 Å². The highest BCUT2D eigenvalue weighted by Crippen LogP contribution is 2.27. The number of amides is 1. The van der Waals surface area contributed by atoms with Gasteiger partial charge in [0.15, 0.2) is 0 Å². The van der Waals surface area contributed by atoms with E-state index in [1.165, 1.54) is 0 Å². The first-order valence-electron chi connectivity index (χ1n) is 8.00. The molecule has 1 atom stereocenters. The van der Waals surface area contributed by atoms with Gasteiger partial charge in [-0.3, -0.25) is 9.78 Å². The van der Waals surface area contributed by atoms with Crippen molar-refractivity contribution in [3.63, 3.8) is 0 Å². The molecule has 5 nitrogen and oxygen atoms in total. The van der Waals surface area contributed by atoms with Crippen LogP contribution in [0.2, 0.25) is 0 Å². The molecule has 0 saturated carbocycles. The Bertz CT molecular complexity index is 698. The molecule has 1 fully saturated rings. The lowest BCUT2D eigenvalue weighted by atomic mass is 10.1. The minimum atomic E-state index is 0. The van der Waals surface area contributed by atoms with Crippen LogP contribution in [0.1, 0.15) is 12.0 Å². The molecule has 142 valence electrons. The first-order chi connectivity index (χ1) is 11.7. The Kier molecular flexibility index (Phi) is 9.80. The lowest BCUT2D eigenvalue weighted by Crippen LogP contribution is -2.39. The molecule has 0 bridgehead atoms. The van der Waals surface area contributed by atoms with E-state index < -0.39 is 0 Å². The van der Waals surface area contributed by atoms with E-state index in [4.69, 9.17) is 4.74 Å². The molecule has 1 unspecified atom stereocenters. The second kappa shape index (κ2) is 11.3. The molecule has 1 aliphatic rings. The number of hydrogen-bond donors (Lipinski definition) is 2. The molecule has 2 heterocycles. The van der Waals surface area contributed by atoms with Gasteiger partial charge in [-0.2, -0.15) is 11.8 Å². The number of anilines is 1. The molecule has 0 spiro atoms. The van der Waals surface area contributed by atoms with Crippen LogP contribution in [0.15, 0.2) is 42.7 Å². The molecule has 1 aromatic carbocycles. The number of carbonyl (C=O) groups excluding carboxylic acids is 1. The summed E-state index contributed by atoms with van der Waals surface area (Å²) in [5.41, 5.74) is 1.75. The van der Waals surface area contributed by atoms with E-state index in [1.807, 2.05) is 49.0 Å². The molecule has 1 amide bonds. The monoisotopic (exact) mass is 415 g/mol. The molecule has 1 aliphatic heterocycles. The number of thioether (sulfide) groups is 1. The molecular weight excluding hydrogens is 393 g/mol. The Morgan fingerprint density at radius 3 is 2.88 bits per heavy atom. The minimum Gasteiger partial charge on any atom is -0.455 e. The van der Waals surface area contributed by atoms with Crippen LogP contribution in [-0.4, -0.2) is 35.0 Å². The number of aromatic nitrogens is 1. The van der Waals surface area contributed by atoms with Gasteiger partial charge < -0.3 is 15.4 Å². The summed E-state index contributed by atoms with van der Waals surface area (Å²) in [4.78, 5) is 16.2. The number of aryl methyl sites for hydroxylation is 1. The van der Waals surface area contributed by atoms with E-state index in [1.54, 1.807) is 12.4 Å². The molecule has 1 aromatic heterocycles. The van der Waals surface area contributed by atoms with Gasteiger partial charge in [0.05, 0.1) is 6.20 Å². The molecule has 2 N–H and O–H groups in total. The Hall–Kier alpha value is -1.47. The molecule has 2 aromatic rings. The van der Waals surface area contributed by atoms with Gasteiger partial charge in [0.25, 0.3) is 0 Å². The van der Waals surface area contributed by atoms with E-state index in [9.17, 15) is 4.79 Å². The highest BCUT2D eigenvalue weighted by atomic mass is 35.5. The summed E-state index contributed by atoms with van der Waals surface area (Å²) in [5, 5.41) is 6.34. The molecule has 0 radical (unpaired) electrons. The zero-order chi connectivity index (χ0) is 16.8. The lowest BCUT2D eigenvalue weighted by molar-refractivity contribution is -0.116. The average molecular weight is 416 g/mol. The van der Waals surface area contributed by atoms with Crippen molar-refractivity contribution >= 4 is 48.2 Å². The van der Waals surface area contributed by atoms with E-state index in [0.29, 0.717) is 12.2 Å². The number of pyridine rings is 1. The Labute approximate surface area is 170 Å². The quantitative estimate of drug-likeness (QED) is 0.770. The number of carbonyl (C=O) groups is 1. The normalized spacial score (nSPS) is 16.0. The van der Waals surface area contributed by atoms with Crippen LogP contribution in [0, 0.1) is 6.92 Å². The van der Waals surface area contributed by atoms with Crippen molar-refractivity contribution in [2.45, 2.75) is 19.4 Å². The predicted molar refractivity (Wildman–Crippen MR) is 112 cm³/mol. The van der Waals surface area contributed by atoms with E-state index >= 15 is 0 Å². The number of hydrogen-bond acceptors (Lipinski definition) is 5. The smallest absolute Gasteiger partial charge is 0.225 e. The summed E-state index contributed by atoms with van der Waals surface area (Å²) in [7, 11) is 0. The van der Waals surface area contributed by atoms with Gasteiger partial charge in [0, 0.05) is 42.4 Å². The second-order valence-electron chi connectivity index (χ2n) is 5.75. The lowest BCUT2D eigenvalue weighted by Gasteiger charge is -2.22. The third-order valence-electron chi connectivity index (χ3n) is 3.75. The zero-order valence-corrected chi connectivity index (χ0v) is 16.9. The van der Waals surface area contributed by atoms with Crippen molar-refractivity contribution in [2.24, 2.45) is 0 Å². The van der Waals surface area contributed by atoms with E-state index in [2.05, 4.69) is 15.6 Å². The van der Waals surface area contributed by atoms with Crippen LogP contribution in [0.3, 0.4) is 0 Å². The topological polar surface area (TPSA) is 63.2 Å². The van der Waals surface area contributed by atoms with Gasteiger partial charge in [0.1, 0.15) is 11.5 Å². The third kappa shape index (κ3) is 6.68. The first kappa shape index (κ1) is 22.6. The van der Waals surface area contributed by atoms with Gasteiger partial charge in [-0.05, 0) is 42.8 Å². The molecule has 26 heavy (non-hydrogen) atoms. The van der Waals surface area contributed by atoms with Gasteiger partial charge in [-0.1, -0.05) is 0 Å². The number of nitrogens with zero attached hydrogens (tertiary/aromatic N) is 1. The van der Waals surface area contributed by atoms with Gasteiger partial charge in [-0.15, -0.1) is 24.8 Å². The fourth-order valence-corrected chi connectivity index (χ4v) is 3.51. The van der Waals surface area contributed by atoms with Gasteiger partial charge >= 0.3 is 0 Å². The molecular formula is C18H23Cl2N3O2S. The first-order valence-corrected chi connectivity index (χ1v) is 9.16. The maximum Gasteiger partial charge on any atom is 0.225 e. The second-order valence-corrected chi connectivity index (χ2v) is 6.90. The maximum absolute atomic E-state index is 12.2. The molecule has 8 heteroatoms. The molecule has 3 rings (SSSR count). The van der Waals surface area contributed by atoms with Crippen molar-refractivity contribution in [1.82, 2.24) is 10.3 Å². The Balaban J connectivity index is 0.00000169. The van der Waals surface area contributed by atoms with Crippen molar-refractivity contribution in [1.29, 1.82) is 0 Å². The van der Waals surface area contributed by atoms with E-state index in [-0.39, 0.29) is 36.8 Å². The number of ether oxygens (including phenoxy) is 1. The predicted octanol–water partition coefficient (Wildman–Crippen LogP) is 4.06. The molecule has 0 aliphatic carbocycles. The summed E-state index contributed by atoms with van der Waals surface area (Å²) in [5.74, 6) is 3.60. The number of halogens is 2. The standard InChI is InChI=1S/C18H21N3O2S.2ClH/c1-13-9-14(21-18(22)10-15-12-24-8-7-20-15)4-5-17(13)23-16-3-2-6-19-11-16;;/h2-6,9,11,15,20H,7-8,10,12H2,1H3,(H,21,22);2*1H. The largest absolute Gasteiger partial charge is 0.455 e. The van der Waals surface area contributed by atoms with Crippen LogP contribution in [0.5, 0.6) is 11.5 Å². The van der Waals surface area contributed by atoms with Crippen molar-refractivity contribution in [3.8, 4) is 11.5 Å². The summed E-state index contributed by atoms with van der Waals surface area (Å²) >= 11 is 1.89. The van der Waals surface area contributed by atoms with Gasteiger partial charge in [-0.25, -0.2) is 0 Å². The fraction of sp³-hybridized carbons (Fsp3) is 0.333. The number of benzene rings is 1. The number of nitrogens with one attached hydrogen (secondary N) is 2. The van der Waals surface area contributed by atoms with Crippen molar-refractivity contribution in [2.75, 3.05) is 23.4 Å². The summed E-state index contributed by atoms with van der Waals surface area (Å²) in [6.07, 6.45) is 3.88. The Morgan fingerprint density at radius 1 is 1.38 bits per heavy atom. The van der Waals surface area contributed by atoms with E-state index in [0.717, 1.165) is 35.1 Å².